The molecule has 0 saturated carbocycles. The maximum absolute atomic E-state index is 10.7. The van der Waals surface area contributed by atoms with Gasteiger partial charge in [-0.25, -0.2) is 23.1 Å². The van der Waals surface area contributed by atoms with Crippen molar-refractivity contribution in [2.75, 3.05) is 21.3 Å². The molecule has 0 unspecified atom stereocenters. The predicted octanol–water partition coefficient (Wildman–Crippen LogP) is 2.41. The van der Waals surface area contributed by atoms with Gasteiger partial charge in [0.2, 0.25) is 0 Å². The Balaban J connectivity index is 0.000000682. The summed E-state index contributed by atoms with van der Waals surface area (Å²) >= 11 is 0. The number of hydrogen-bond acceptors (Lipinski definition) is 9. The van der Waals surface area contributed by atoms with Crippen LogP contribution in [0.1, 0.15) is 36.3 Å². The maximum Gasteiger partial charge on any atom is 0.364 e. The zero-order valence-corrected chi connectivity index (χ0v) is 24.8. The highest BCUT2D eigenvalue weighted by atomic mass is 35.7. The minimum absolute atomic E-state index is 0.163. The van der Waals surface area contributed by atoms with E-state index in [1.807, 2.05) is 48.5 Å². The third kappa shape index (κ3) is 6.10. The molecule has 2 heterocycles. The minimum atomic E-state index is -4.94. The lowest BCUT2D eigenvalue weighted by molar-refractivity contribution is -2.00. The highest BCUT2D eigenvalue weighted by Gasteiger charge is 2.47. The van der Waals surface area contributed by atoms with Crippen LogP contribution in [0, 0.1) is 10.2 Å². The summed E-state index contributed by atoms with van der Waals surface area (Å²) in [4.78, 5) is 0. The number of methoxy groups -OCH3 is 3. The van der Waals surface area contributed by atoms with E-state index in [0.717, 1.165) is 62.0 Å². The van der Waals surface area contributed by atoms with E-state index in [1.165, 1.54) is 0 Å². The molecule has 0 amide bonds. The third-order valence-corrected chi connectivity index (χ3v) is 7.49. The average Bonchev–Trinajstić information content (AvgIpc) is 2.97. The van der Waals surface area contributed by atoms with Gasteiger partial charge in [-0.2, -0.15) is 0 Å². The number of phenols is 1. The largest absolute Gasteiger partial charge is 0.507 e. The molecule has 10 nitrogen and oxygen atoms in total. The van der Waals surface area contributed by atoms with E-state index in [-0.39, 0.29) is 5.75 Å². The van der Waals surface area contributed by atoms with Crippen LogP contribution in [0.5, 0.6) is 28.7 Å². The fraction of sp³-hybridized carbons (Fsp3) is 0.219. The van der Waals surface area contributed by atoms with Gasteiger partial charge in [0, 0.05) is 34.6 Å². The summed E-state index contributed by atoms with van der Waals surface area (Å²) in [6.45, 7) is 4.29. The number of hydrogen-bond donors (Lipinski definition) is 1. The molecule has 11 heteroatoms. The van der Waals surface area contributed by atoms with Gasteiger partial charge in [0.1, 0.15) is 40.1 Å². The zero-order valence-electron chi connectivity index (χ0n) is 24.1. The zero-order chi connectivity index (χ0) is 31.1. The molecule has 3 aromatic carbocycles. The Labute approximate surface area is 250 Å². The van der Waals surface area contributed by atoms with Crippen molar-refractivity contribution in [3.63, 3.8) is 0 Å². The van der Waals surface area contributed by atoms with Gasteiger partial charge in [-0.05, 0) is 60.7 Å². The lowest BCUT2D eigenvalue weighted by Gasteiger charge is -2.36. The first-order chi connectivity index (χ1) is 20.3. The topological polar surface area (TPSA) is 161 Å². The quantitative estimate of drug-likeness (QED) is 0.341. The molecule has 0 saturated heterocycles. The Bertz CT molecular complexity index is 1760. The van der Waals surface area contributed by atoms with Gasteiger partial charge in [-0.15, -0.1) is 10.2 Å². The van der Waals surface area contributed by atoms with E-state index in [1.54, 1.807) is 33.5 Å². The first-order valence-corrected chi connectivity index (χ1v) is 14.3. The van der Waals surface area contributed by atoms with Crippen molar-refractivity contribution in [1.29, 1.82) is 0 Å². The second kappa shape index (κ2) is 11.4. The Morgan fingerprint density at radius 2 is 1.47 bits per heavy atom. The van der Waals surface area contributed by atoms with Crippen LogP contribution in [0.15, 0.2) is 76.4 Å². The van der Waals surface area contributed by atoms with E-state index >= 15 is 0 Å². The van der Waals surface area contributed by atoms with Crippen molar-refractivity contribution >= 4 is 22.6 Å². The molecule has 1 aliphatic carbocycles. The third-order valence-electron chi connectivity index (χ3n) is 7.49. The smallest absolute Gasteiger partial charge is 0.364 e. The van der Waals surface area contributed by atoms with Crippen molar-refractivity contribution < 1.29 is 57.4 Å². The van der Waals surface area contributed by atoms with Gasteiger partial charge in [-0.3, -0.25) is 0 Å². The number of allylic oxidation sites excluding steroid dienone is 2. The molecule has 6 rings (SSSR count). The van der Waals surface area contributed by atoms with Gasteiger partial charge in [0.25, 0.3) is 0 Å². The molecule has 0 bridgehead atoms. The fourth-order valence-electron chi connectivity index (χ4n) is 5.30. The van der Waals surface area contributed by atoms with Gasteiger partial charge < -0.3 is 24.1 Å². The Morgan fingerprint density at radius 1 is 0.860 bits per heavy atom. The van der Waals surface area contributed by atoms with Crippen molar-refractivity contribution in [3.05, 3.63) is 94.4 Å². The molecule has 0 fully saturated rings. The van der Waals surface area contributed by atoms with Crippen LogP contribution >= 0.6 is 0 Å². The molecular formula is C32H29ClO10. The highest BCUT2D eigenvalue weighted by molar-refractivity contribution is 5.88. The van der Waals surface area contributed by atoms with Crippen molar-refractivity contribution in [2.45, 2.75) is 25.7 Å². The molecule has 1 aliphatic heterocycles. The van der Waals surface area contributed by atoms with Crippen LogP contribution in [0.2, 0.25) is 0 Å². The highest BCUT2D eigenvalue weighted by Crippen LogP contribution is 2.52. The van der Waals surface area contributed by atoms with Gasteiger partial charge in [0.05, 0.1) is 32.3 Å². The number of aromatic hydroxyl groups is 1. The monoisotopic (exact) mass is 608 g/mol. The number of halogens is 1. The number of phenolic OH excluding ortho intramolecular Hbond substituents is 1. The first-order valence-electron chi connectivity index (χ1n) is 13.1. The molecule has 0 spiro atoms. The number of ether oxygens (including phenoxy) is 4. The Hall–Kier alpha value is -4.32. The summed E-state index contributed by atoms with van der Waals surface area (Å²) in [5.41, 5.74) is 4.82. The number of fused-ring (bicyclic) bond motifs is 4. The lowest BCUT2D eigenvalue weighted by Crippen LogP contribution is -2.68. The maximum atomic E-state index is 10.7. The van der Waals surface area contributed by atoms with E-state index in [2.05, 4.69) is 19.9 Å². The van der Waals surface area contributed by atoms with Crippen molar-refractivity contribution in [2.24, 2.45) is 0 Å². The standard InChI is InChI=1S/C32H28O6.ClHO4/c1-32(2)25(16-18-12-21(34-3)6-9-27(18)33)30-24(15-19-13-22(35-4)7-10-28(19)37-30)31-26(32)17-20-14-23(36-5)8-11-29(20)38-31;2-1(3,4)5/h6-14,16-17H,15H2,1-5H3;(H,2,3,4,5)/b25-16-;. The summed E-state index contributed by atoms with van der Waals surface area (Å²) < 4.78 is 63.6. The molecule has 1 aromatic heterocycles. The molecule has 224 valence electrons. The summed E-state index contributed by atoms with van der Waals surface area (Å²) in [6, 6.07) is 19.0. The van der Waals surface area contributed by atoms with E-state index in [4.69, 9.17) is 42.0 Å². The molecule has 0 radical (unpaired) electrons. The van der Waals surface area contributed by atoms with Gasteiger partial charge in [-0.1, -0.05) is 13.8 Å². The molecule has 43 heavy (non-hydrogen) atoms. The van der Waals surface area contributed by atoms with Crippen molar-refractivity contribution in [1.82, 2.24) is 0 Å². The summed E-state index contributed by atoms with van der Waals surface area (Å²) in [5.74, 6) is 4.66. The predicted molar refractivity (Wildman–Crippen MR) is 147 cm³/mol. The second-order valence-corrected chi connectivity index (χ2v) is 11.2. The summed E-state index contributed by atoms with van der Waals surface area (Å²) in [6.07, 6.45) is 2.60. The van der Waals surface area contributed by atoms with Crippen LogP contribution in [-0.2, 0) is 11.8 Å². The Kier molecular flexibility index (Phi) is 7.99. The molecule has 2 aliphatic rings. The van der Waals surface area contributed by atoms with Gasteiger partial charge >= 0.3 is 11.3 Å². The lowest BCUT2D eigenvalue weighted by atomic mass is 9.69. The van der Waals surface area contributed by atoms with Crippen LogP contribution in [-0.4, -0.2) is 26.4 Å². The summed E-state index contributed by atoms with van der Waals surface area (Å²) in [7, 11) is -0.0168. The minimum Gasteiger partial charge on any atom is -0.507 e. The summed E-state index contributed by atoms with van der Waals surface area (Å²) in [5, 5.41) is 11.7. The molecule has 0 atom stereocenters. The SMILES string of the molecule is COc1ccc(O)c(/C=C2/C3=C(Cc4cc(OC)ccc4O3)c3[o+]c4ccc(OC)cc4cc3C2(C)C)c1.[O-][Cl+3]([O-])([O-])[O-]. The Morgan fingerprint density at radius 3 is 2.14 bits per heavy atom. The van der Waals surface area contributed by atoms with Gasteiger partial charge in [0.15, 0.2) is 0 Å². The van der Waals surface area contributed by atoms with Crippen LogP contribution in [0.4, 0.5) is 0 Å². The second-order valence-electron chi connectivity index (χ2n) is 10.4. The normalized spacial score (nSPS) is 15.9. The molecule has 4 aromatic rings. The average molecular weight is 609 g/mol. The molecular weight excluding hydrogens is 580 g/mol. The first kappa shape index (κ1) is 30.1. The number of benzene rings is 3. The van der Waals surface area contributed by atoms with Crippen LogP contribution in [0.25, 0.3) is 22.6 Å². The van der Waals surface area contributed by atoms with Crippen LogP contribution in [0.3, 0.4) is 0 Å². The van der Waals surface area contributed by atoms with E-state index < -0.39 is 15.7 Å². The number of rotatable bonds is 4. The van der Waals surface area contributed by atoms with E-state index in [0.29, 0.717) is 17.7 Å². The van der Waals surface area contributed by atoms with E-state index in [9.17, 15) is 5.11 Å². The van der Waals surface area contributed by atoms with Crippen molar-refractivity contribution in [3.8, 4) is 28.7 Å². The van der Waals surface area contributed by atoms with Crippen LogP contribution < -0.4 is 37.6 Å². The fourth-order valence-corrected chi connectivity index (χ4v) is 5.30. The molecule has 1 N–H and O–H groups in total.